The second-order valence-corrected chi connectivity index (χ2v) is 4.52. The molecule has 0 saturated carbocycles. The molecule has 0 radical (unpaired) electrons. The maximum absolute atomic E-state index is 11.1. The van der Waals surface area contributed by atoms with Crippen LogP contribution in [0.1, 0.15) is 5.56 Å². The van der Waals surface area contributed by atoms with Gasteiger partial charge in [-0.1, -0.05) is 11.8 Å². The van der Waals surface area contributed by atoms with Crippen molar-refractivity contribution < 1.29 is 0 Å². The van der Waals surface area contributed by atoms with Crippen molar-refractivity contribution in [1.29, 1.82) is 0 Å². The van der Waals surface area contributed by atoms with Crippen LogP contribution in [0.4, 0.5) is 5.82 Å². The standard InChI is InChI=1S/C10H11N5O2S/c1-15-10(13-8(16)9(17)14-15)18-5-6-2-3-12-7(11)4-6/h2-4H,5H2,1H3,(H2,11,12)(H,14,17). The van der Waals surface area contributed by atoms with Gasteiger partial charge in [-0.05, 0) is 17.7 Å². The number of hydrogen-bond donors (Lipinski definition) is 2. The smallest absolute Gasteiger partial charge is 0.339 e. The van der Waals surface area contributed by atoms with E-state index < -0.39 is 11.1 Å². The summed E-state index contributed by atoms with van der Waals surface area (Å²) in [4.78, 5) is 29.7. The molecule has 2 heterocycles. The van der Waals surface area contributed by atoms with Gasteiger partial charge in [0.1, 0.15) is 5.82 Å². The molecule has 2 aromatic heterocycles. The van der Waals surface area contributed by atoms with E-state index in [-0.39, 0.29) is 0 Å². The van der Waals surface area contributed by atoms with Crippen LogP contribution >= 0.6 is 11.8 Å². The van der Waals surface area contributed by atoms with Gasteiger partial charge in [-0.15, -0.1) is 0 Å². The molecule has 0 fully saturated rings. The first-order chi connectivity index (χ1) is 8.56. The highest BCUT2D eigenvalue weighted by molar-refractivity contribution is 7.98. The van der Waals surface area contributed by atoms with Crippen LogP contribution < -0.4 is 16.9 Å². The fraction of sp³-hybridized carbons (Fsp3) is 0.200. The first-order valence-corrected chi connectivity index (χ1v) is 6.05. The Labute approximate surface area is 106 Å². The third-order valence-corrected chi connectivity index (χ3v) is 3.26. The van der Waals surface area contributed by atoms with Gasteiger partial charge in [0.05, 0.1) is 0 Å². The number of thioether (sulfide) groups is 1. The highest BCUT2D eigenvalue weighted by atomic mass is 32.2. The molecule has 8 heteroatoms. The van der Waals surface area contributed by atoms with Crippen LogP contribution in [0.15, 0.2) is 33.1 Å². The van der Waals surface area contributed by atoms with Gasteiger partial charge in [-0.2, -0.15) is 4.98 Å². The Morgan fingerprint density at radius 2 is 2.28 bits per heavy atom. The van der Waals surface area contributed by atoms with Gasteiger partial charge in [0, 0.05) is 19.0 Å². The van der Waals surface area contributed by atoms with Crippen molar-refractivity contribution in [2.24, 2.45) is 7.05 Å². The number of hydrogen-bond acceptors (Lipinski definition) is 6. The van der Waals surface area contributed by atoms with Gasteiger partial charge in [-0.25, -0.2) is 4.98 Å². The summed E-state index contributed by atoms with van der Waals surface area (Å²) in [6, 6.07) is 3.57. The fourth-order valence-corrected chi connectivity index (χ4v) is 2.18. The van der Waals surface area contributed by atoms with Crippen molar-refractivity contribution in [2.75, 3.05) is 5.73 Å². The average molecular weight is 265 g/mol. The quantitative estimate of drug-likeness (QED) is 0.585. The number of anilines is 1. The van der Waals surface area contributed by atoms with Crippen LogP contribution in [0.3, 0.4) is 0 Å². The molecule has 18 heavy (non-hydrogen) atoms. The largest absolute Gasteiger partial charge is 0.384 e. The minimum atomic E-state index is -0.787. The van der Waals surface area contributed by atoms with Crippen LogP contribution in [0.25, 0.3) is 0 Å². The maximum atomic E-state index is 11.1. The van der Waals surface area contributed by atoms with Gasteiger partial charge in [0.25, 0.3) is 0 Å². The Bertz CT molecular complexity index is 678. The van der Waals surface area contributed by atoms with E-state index in [4.69, 9.17) is 5.73 Å². The van der Waals surface area contributed by atoms with Crippen LogP contribution in [0, 0.1) is 0 Å². The van der Waals surface area contributed by atoms with Crippen molar-refractivity contribution >= 4 is 17.6 Å². The molecule has 3 N–H and O–H groups in total. The molecule has 0 unspecified atom stereocenters. The zero-order valence-electron chi connectivity index (χ0n) is 9.58. The zero-order chi connectivity index (χ0) is 13.1. The molecule has 0 bridgehead atoms. The van der Waals surface area contributed by atoms with E-state index >= 15 is 0 Å². The van der Waals surface area contributed by atoms with E-state index in [9.17, 15) is 9.59 Å². The highest BCUT2D eigenvalue weighted by Gasteiger charge is 2.05. The molecule has 0 aliphatic rings. The third-order valence-electron chi connectivity index (χ3n) is 2.16. The van der Waals surface area contributed by atoms with E-state index in [0.717, 1.165) is 5.56 Å². The number of nitrogen functional groups attached to an aromatic ring is 1. The number of nitrogens with zero attached hydrogens (tertiary/aromatic N) is 3. The van der Waals surface area contributed by atoms with Crippen LogP contribution in [-0.4, -0.2) is 19.7 Å². The number of aryl methyl sites for hydroxylation is 1. The number of aromatic nitrogens is 4. The van der Waals surface area contributed by atoms with Gasteiger partial charge >= 0.3 is 11.1 Å². The lowest BCUT2D eigenvalue weighted by Gasteiger charge is -2.05. The van der Waals surface area contributed by atoms with E-state index in [1.807, 2.05) is 6.07 Å². The molecule has 2 rings (SSSR count). The molecule has 2 aromatic rings. The molecule has 0 saturated heterocycles. The van der Waals surface area contributed by atoms with Crippen molar-refractivity contribution in [3.63, 3.8) is 0 Å². The second kappa shape index (κ2) is 5.05. The molecule has 0 amide bonds. The van der Waals surface area contributed by atoms with Gasteiger partial charge in [0.15, 0.2) is 5.16 Å². The van der Waals surface area contributed by atoms with E-state index in [0.29, 0.717) is 16.7 Å². The van der Waals surface area contributed by atoms with Crippen molar-refractivity contribution in [3.8, 4) is 0 Å². The molecule has 7 nitrogen and oxygen atoms in total. The topological polar surface area (TPSA) is 107 Å². The van der Waals surface area contributed by atoms with Gasteiger partial charge in [0.2, 0.25) is 0 Å². The van der Waals surface area contributed by atoms with Crippen molar-refractivity contribution in [2.45, 2.75) is 10.9 Å². The second-order valence-electron chi connectivity index (χ2n) is 3.58. The Balaban J connectivity index is 2.18. The van der Waals surface area contributed by atoms with E-state index in [2.05, 4.69) is 15.1 Å². The first kappa shape index (κ1) is 12.4. The number of nitrogens with one attached hydrogen (secondary N) is 1. The Hall–Kier alpha value is -2.09. The minimum absolute atomic E-state index is 0.440. The summed E-state index contributed by atoms with van der Waals surface area (Å²) in [6.07, 6.45) is 1.62. The lowest BCUT2D eigenvalue weighted by Crippen LogP contribution is -2.33. The molecule has 94 valence electrons. The predicted molar refractivity (Wildman–Crippen MR) is 68.3 cm³/mol. The monoisotopic (exact) mass is 265 g/mol. The number of rotatable bonds is 3. The van der Waals surface area contributed by atoms with Crippen molar-refractivity contribution in [3.05, 3.63) is 44.6 Å². The summed E-state index contributed by atoms with van der Waals surface area (Å²) in [7, 11) is 1.62. The van der Waals surface area contributed by atoms with Gasteiger partial charge < -0.3 is 5.73 Å². The highest BCUT2D eigenvalue weighted by Crippen LogP contribution is 2.18. The third kappa shape index (κ3) is 2.77. The number of aromatic amines is 1. The SMILES string of the molecule is Cn1[nH]c(=O)c(=O)nc1SCc1ccnc(N)c1. The molecule has 0 aliphatic heterocycles. The lowest BCUT2D eigenvalue weighted by molar-refractivity contribution is 0.596. The fourth-order valence-electron chi connectivity index (χ4n) is 1.32. The predicted octanol–water partition coefficient (Wildman–Crippen LogP) is -0.262. The molecule has 0 aliphatic carbocycles. The van der Waals surface area contributed by atoms with E-state index in [1.165, 1.54) is 16.4 Å². The summed E-state index contributed by atoms with van der Waals surface area (Å²) in [5.41, 5.74) is 5.01. The maximum Gasteiger partial charge on any atom is 0.339 e. The number of H-pyrrole nitrogens is 1. The summed E-state index contributed by atoms with van der Waals surface area (Å²) in [5.74, 6) is 1.02. The zero-order valence-corrected chi connectivity index (χ0v) is 10.4. The summed E-state index contributed by atoms with van der Waals surface area (Å²) in [6.45, 7) is 0. The number of nitrogens with two attached hydrogens (primary N) is 1. The molecular formula is C10H11N5O2S. The van der Waals surface area contributed by atoms with Crippen LogP contribution in [0.2, 0.25) is 0 Å². The first-order valence-electron chi connectivity index (χ1n) is 5.07. The minimum Gasteiger partial charge on any atom is -0.384 e. The summed E-state index contributed by atoms with van der Waals surface area (Å²) < 4.78 is 1.42. The van der Waals surface area contributed by atoms with Gasteiger partial charge in [-0.3, -0.25) is 19.4 Å². The Morgan fingerprint density at radius 1 is 1.50 bits per heavy atom. The molecule has 0 atom stereocenters. The normalized spacial score (nSPS) is 10.5. The Kier molecular flexibility index (Phi) is 3.47. The lowest BCUT2D eigenvalue weighted by atomic mass is 10.3. The van der Waals surface area contributed by atoms with Crippen LogP contribution in [0.5, 0.6) is 0 Å². The number of pyridine rings is 1. The van der Waals surface area contributed by atoms with E-state index in [1.54, 1.807) is 19.3 Å². The summed E-state index contributed by atoms with van der Waals surface area (Å²) in [5, 5.41) is 2.82. The Morgan fingerprint density at radius 3 is 3.00 bits per heavy atom. The molecule has 0 spiro atoms. The van der Waals surface area contributed by atoms with Crippen LogP contribution in [-0.2, 0) is 12.8 Å². The molecule has 0 aromatic carbocycles. The molecular weight excluding hydrogens is 254 g/mol. The average Bonchev–Trinajstić information content (AvgIpc) is 2.32. The summed E-state index contributed by atoms with van der Waals surface area (Å²) >= 11 is 1.33. The van der Waals surface area contributed by atoms with Crippen molar-refractivity contribution in [1.82, 2.24) is 19.7 Å².